The van der Waals surface area contributed by atoms with Crippen molar-refractivity contribution in [2.75, 3.05) is 11.1 Å². The number of alkyl halides is 3. The zero-order chi connectivity index (χ0) is 19.8. The summed E-state index contributed by atoms with van der Waals surface area (Å²) < 4.78 is 40.7. The standard InChI is InChI=1S/C17H18F3N7/c1-9-13(8-27(26-9)11(3)12-6-4-5-7-22-12)24-16-23-10(2)14(15(21)25-16)17(18,19)20/h4-8,11H,1-3H3,(H3,21,23,24,25). The highest BCUT2D eigenvalue weighted by Gasteiger charge is 2.36. The lowest BCUT2D eigenvalue weighted by atomic mass is 10.2. The van der Waals surface area contributed by atoms with E-state index in [-0.39, 0.29) is 17.7 Å². The number of nitrogens with two attached hydrogens (primary N) is 1. The smallest absolute Gasteiger partial charge is 0.383 e. The molecule has 3 heterocycles. The summed E-state index contributed by atoms with van der Waals surface area (Å²) in [5.74, 6) is -0.643. The van der Waals surface area contributed by atoms with E-state index in [1.807, 2.05) is 25.1 Å². The highest BCUT2D eigenvalue weighted by molar-refractivity contribution is 5.58. The molecule has 0 saturated carbocycles. The fourth-order valence-corrected chi connectivity index (χ4v) is 2.68. The molecule has 0 radical (unpaired) electrons. The van der Waals surface area contributed by atoms with Gasteiger partial charge in [-0.2, -0.15) is 23.3 Å². The molecule has 10 heteroatoms. The molecule has 0 amide bonds. The van der Waals surface area contributed by atoms with Crippen LogP contribution in [0.3, 0.4) is 0 Å². The van der Waals surface area contributed by atoms with Crippen molar-refractivity contribution in [1.82, 2.24) is 24.7 Å². The SMILES string of the molecule is Cc1nn(C(C)c2ccccn2)cc1Nc1nc(C)c(C(F)(F)F)c(N)n1. The lowest BCUT2D eigenvalue weighted by molar-refractivity contribution is -0.137. The average molecular weight is 377 g/mol. The van der Waals surface area contributed by atoms with Gasteiger partial charge in [-0.25, -0.2) is 4.98 Å². The zero-order valence-electron chi connectivity index (χ0n) is 14.9. The van der Waals surface area contributed by atoms with E-state index in [1.165, 1.54) is 6.92 Å². The Hall–Kier alpha value is -3.17. The van der Waals surface area contributed by atoms with Crippen molar-refractivity contribution >= 4 is 17.5 Å². The third-order valence-corrected chi connectivity index (χ3v) is 4.08. The number of rotatable bonds is 4. The molecule has 0 aliphatic heterocycles. The van der Waals surface area contributed by atoms with E-state index in [9.17, 15) is 13.2 Å². The van der Waals surface area contributed by atoms with Crippen LogP contribution >= 0.6 is 0 Å². The molecule has 27 heavy (non-hydrogen) atoms. The predicted octanol–water partition coefficient (Wildman–Crippen LogP) is 3.64. The van der Waals surface area contributed by atoms with Gasteiger partial charge in [-0.1, -0.05) is 6.07 Å². The summed E-state index contributed by atoms with van der Waals surface area (Å²) in [7, 11) is 0. The van der Waals surface area contributed by atoms with Gasteiger partial charge in [0.15, 0.2) is 0 Å². The first-order chi connectivity index (χ1) is 12.7. The normalized spacial score (nSPS) is 12.8. The monoisotopic (exact) mass is 377 g/mol. The Morgan fingerprint density at radius 3 is 2.48 bits per heavy atom. The Morgan fingerprint density at radius 1 is 1.15 bits per heavy atom. The number of nitrogens with zero attached hydrogens (tertiary/aromatic N) is 5. The molecule has 1 atom stereocenters. The summed E-state index contributed by atoms with van der Waals surface area (Å²) in [5.41, 5.74) is 6.25. The van der Waals surface area contributed by atoms with Gasteiger partial charge < -0.3 is 11.1 Å². The maximum absolute atomic E-state index is 13.0. The summed E-state index contributed by atoms with van der Waals surface area (Å²) >= 11 is 0. The van der Waals surface area contributed by atoms with Gasteiger partial charge in [0, 0.05) is 12.4 Å². The highest BCUT2D eigenvalue weighted by Crippen LogP contribution is 2.35. The molecular weight excluding hydrogens is 359 g/mol. The lowest BCUT2D eigenvalue weighted by Crippen LogP contribution is -2.15. The van der Waals surface area contributed by atoms with Crippen molar-refractivity contribution in [3.8, 4) is 0 Å². The van der Waals surface area contributed by atoms with E-state index < -0.39 is 17.6 Å². The fourth-order valence-electron chi connectivity index (χ4n) is 2.68. The average Bonchev–Trinajstić information content (AvgIpc) is 2.93. The molecule has 3 N–H and O–H groups in total. The van der Waals surface area contributed by atoms with Crippen LogP contribution in [-0.4, -0.2) is 24.7 Å². The second-order valence-electron chi connectivity index (χ2n) is 6.05. The van der Waals surface area contributed by atoms with Gasteiger partial charge in [0.05, 0.1) is 28.8 Å². The number of hydrogen-bond donors (Lipinski definition) is 2. The van der Waals surface area contributed by atoms with Crippen LogP contribution in [0.25, 0.3) is 0 Å². The first kappa shape index (κ1) is 18.6. The van der Waals surface area contributed by atoms with Crippen LogP contribution in [0.2, 0.25) is 0 Å². The van der Waals surface area contributed by atoms with E-state index in [2.05, 4.69) is 25.4 Å². The Balaban J connectivity index is 1.88. The lowest BCUT2D eigenvalue weighted by Gasteiger charge is -2.13. The summed E-state index contributed by atoms with van der Waals surface area (Å²) in [6, 6.07) is 5.47. The van der Waals surface area contributed by atoms with Crippen molar-refractivity contribution < 1.29 is 13.2 Å². The first-order valence-electron chi connectivity index (χ1n) is 8.12. The third kappa shape index (κ3) is 3.83. The maximum atomic E-state index is 13.0. The predicted molar refractivity (Wildman–Crippen MR) is 94.5 cm³/mol. The molecule has 3 aromatic heterocycles. The Kier molecular flexibility index (Phi) is 4.73. The molecule has 0 saturated heterocycles. The molecule has 3 rings (SSSR count). The maximum Gasteiger partial charge on any atom is 0.421 e. The van der Waals surface area contributed by atoms with Crippen LogP contribution in [0.1, 0.15) is 35.6 Å². The van der Waals surface area contributed by atoms with Crippen LogP contribution in [0.4, 0.5) is 30.6 Å². The van der Waals surface area contributed by atoms with Crippen LogP contribution in [-0.2, 0) is 6.18 Å². The molecule has 142 valence electrons. The molecule has 0 aliphatic carbocycles. The number of nitrogen functional groups attached to an aromatic ring is 1. The van der Waals surface area contributed by atoms with E-state index >= 15 is 0 Å². The van der Waals surface area contributed by atoms with Crippen LogP contribution < -0.4 is 11.1 Å². The van der Waals surface area contributed by atoms with Crippen molar-refractivity contribution in [3.05, 3.63) is 53.2 Å². The zero-order valence-corrected chi connectivity index (χ0v) is 14.9. The molecule has 0 aliphatic rings. The molecule has 0 fully saturated rings. The topological polar surface area (TPSA) is 94.5 Å². The number of halogens is 3. The van der Waals surface area contributed by atoms with Crippen molar-refractivity contribution in [1.29, 1.82) is 0 Å². The second-order valence-corrected chi connectivity index (χ2v) is 6.05. The molecule has 7 nitrogen and oxygen atoms in total. The largest absolute Gasteiger partial charge is 0.421 e. The van der Waals surface area contributed by atoms with E-state index in [4.69, 9.17) is 5.73 Å². The molecule has 0 spiro atoms. The van der Waals surface area contributed by atoms with Crippen LogP contribution in [0.15, 0.2) is 30.6 Å². The quantitative estimate of drug-likeness (QED) is 0.721. The summed E-state index contributed by atoms with van der Waals surface area (Å²) in [6.07, 6.45) is -1.18. The third-order valence-electron chi connectivity index (χ3n) is 4.08. The minimum atomic E-state index is -4.61. The summed E-state index contributed by atoms with van der Waals surface area (Å²) in [5, 5.41) is 7.32. The van der Waals surface area contributed by atoms with E-state index in [0.717, 1.165) is 5.69 Å². The molecule has 0 bridgehead atoms. The van der Waals surface area contributed by atoms with Crippen molar-refractivity contribution in [2.24, 2.45) is 0 Å². The molecule has 3 aromatic rings. The van der Waals surface area contributed by atoms with E-state index in [0.29, 0.717) is 11.4 Å². The number of hydrogen-bond acceptors (Lipinski definition) is 6. The summed E-state index contributed by atoms with van der Waals surface area (Å²) in [4.78, 5) is 11.9. The van der Waals surface area contributed by atoms with Gasteiger partial charge in [0.25, 0.3) is 0 Å². The van der Waals surface area contributed by atoms with Crippen LogP contribution in [0, 0.1) is 13.8 Å². The van der Waals surface area contributed by atoms with Crippen molar-refractivity contribution in [2.45, 2.75) is 33.0 Å². The second kappa shape index (κ2) is 6.86. The Morgan fingerprint density at radius 2 is 1.89 bits per heavy atom. The van der Waals surface area contributed by atoms with Gasteiger partial charge in [0.2, 0.25) is 5.95 Å². The van der Waals surface area contributed by atoms with Crippen LogP contribution in [0.5, 0.6) is 0 Å². The van der Waals surface area contributed by atoms with Crippen molar-refractivity contribution in [3.63, 3.8) is 0 Å². The molecule has 0 aromatic carbocycles. The number of nitrogens with one attached hydrogen (secondary N) is 1. The number of aryl methyl sites for hydroxylation is 2. The van der Waals surface area contributed by atoms with Gasteiger partial charge in [-0.15, -0.1) is 0 Å². The first-order valence-corrected chi connectivity index (χ1v) is 8.12. The highest BCUT2D eigenvalue weighted by atomic mass is 19.4. The van der Waals surface area contributed by atoms with Gasteiger partial charge in [-0.05, 0) is 32.9 Å². The summed E-state index contributed by atoms with van der Waals surface area (Å²) in [6.45, 7) is 4.95. The van der Waals surface area contributed by atoms with E-state index in [1.54, 1.807) is 24.0 Å². The number of anilines is 3. The molecular formula is C17H18F3N7. The number of pyridine rings is 1. The minimum absolute atomic E-state index is 0.0221. The van der Waals surface area contributed by atoms with Gasteiger partial charge in [0.1, 0.15) is 11.4 Å². The minimum Gasteiger partial charge on any atom is -0.383 e. The van der Waals surface area contributed by atoms with Gasteiger partial charge in [-0.3, -0.25) is 9.67 Å². The Bertz CT molecular complexity index is 928. The molecule has 1 unspecified atom stereocenters. The Labute approximate surface area is 153 Å². The fraction of sp³-hybridized carbons (Fsp3) is 0.294. The van der Waals surface area contributed by atoms with Gasteiger partial charge >= 0.3 is 6.18 Å². The number of aromatic nitrogens is 5.